The van der Waals surface area contributed by atoms with Gasteiger partial charge in [0.25, 0.3) is 5.91 Å². The molecule has 2 aromatic rings. The van der Waals surface area contributed by atoms with Crippen LogP contribution in [0.3, 0.4) is 0 Å². The van der Waals surface area contributed by atoms with Gasteiger partial charge in [-0.25, -0.2) is 0 Å². The van der Waals surface area contributed by atoms with Crippen LogP contribution in [0.15, 0.2) is 53.4 Å². The lowest BCUT2D eigenvalue weighted by Crippen LogP contribution is -2.44. The lowest BCUT2D eigenvalue weighted by Gasteiger charge is -2.34. The summed E-state index contributed by atoms with van der Waals surface area (Å²) >= 11 is 1.78. The van der Waals surface area contributed by atoms with E-state index in [0.29, 0.717) is 11.5 Å². The van der Waals surface area contributed by atoms with Crippen molar-refractivity contribution in [2.45, 2.75) is 17.9 Å². The first-order chi connectivity index (χ1) is 11.2. The molecule has 0 N–H and O–H groups in total. The molecule has 1 atom stereocenters. The highest BCUT2D eigenvalue weighted by molar-refractivity contribution is 7.99. The molecule has 1 unspecified atom stereocenters. The van der Waals surface area contributed by atoms with Gasteiger partial charge in [-0.2, -0.15) is 0 Å². The second-order valence-electron chi connectivity index (χ2n) is 5.33. The van der Waals surface area contributed by atoms with Gasteiger partial charge in [0.2, 0.25) is 0 Å². The van der Waals surface area contributed by atoms with E-state index in [2.05, 4.69) is 6.92 Å². The lowest BCUT2D eigenvalue weighted by molar-refractivity contribution is -0.121. The largest absolute Gasteiger partial charge is 0.493 e. The van der Waals surface area contributed by atoms with Crippen molar-refractivity contribution in [1.29, 1.82) is 0 Å². The van der Waals surface area contributed by atoms with Gasteiger partial charge in [0.15, 0.2) is 18.1 Å². The maximum absolute atomic E-state index is 12.7. The van der Waals surface area contributed by atoms with Gasteiger partial charge < -0.3 is 14.4 Å². The first-order valence-electron chi connectivity index (χ1n) is 7.50. The number of hydrogen-bond donors (Lipinski definition) is 0. The number of para-hydroxylation sites is 3. The molecule has 1 amide bonds. The third-order valence-corrected chi connectivity index (χ3v) is 5.04. The van der Waals surface area contributed by atoms with Crippen LogP contribution in [-0.2, 0) is 4.79 Å². The quantitative estimate of drug-likeness (QED) is 0.859. The molecule has 0 aliphatic carbocycles. The molecule has 3 rings (SSSR count). The zero-order valence-corrected chi connectivity index (χ0v) is 14.0. The highest BCUT2D eigenvalue weighted by atomic mass is 32.2. The number of ether oxygens (including phenoxy) is 2. The summed E-state index contributed by atoms with van der Waals surface area (Å²) in [5.74, 6) is 2.05. The molecule has 2 aromatic carbocycles. The molecular weight excluding hydrogens is 310 g/mol. The summed E-state index contributed by atoms with van der Waals surface area (Å²) in [6, 6.07) is 15.5. The molecule has 5 heteroatoms. The van der Waals surface area contributed by atoms with Crippen LogP contribution in [0, 0.1) is 0 Å². The summed E-state index contributed by atoms with van der Waals surface area (Å²) in [5, 5.41) is 0. The van der Waals surface area contributed by atoms with Crippen molar-refractivity contribution in [2.24, 2.45) is 0 Å². The Morgan fingerprint density at radius 2 is 1.87 bits per heavy atom. The van der Waals surface area contributed by atoms with Crippen LogP contribution in [0.4, 0.5) is 5.69 Å². The van der Waals surface area contributed by atoms with Crippen LogP contribution in [0.1, 0.15) is 6.92 Å². The number of benzene rings is 2. The number of nitrogens with zero attached hydrogens (tertiary/aromatic N) is 1. The molecule has 0 spiro atoms. The van der Waals surface area contributed by atoms with Crippen molar-refractivity contribution in [1.82, 2.24) is 0 Å². The minimum Gasteiger partial charge on any atom is -0.493 e. The van der Waals surface area contributed by atoms with Crippen LogP contribution < -0.4 is 14.4 Å². The van der Waals surface area contributed by atoms with Gasteiger partial charge in [-0.15, -0.1) is 11.8 Å². The van der Waals surface area contributed by atoms with Crippen molar-refractivity contribution in [3.05, 3.63) is 48.5 Å². The molecule has 1 aliphatic heterocycles. The SMILES string of the molecule is COc1ccccc1OCC(=O)N1c2ccccc2SCC1C. The third-order valence-electron chi connectivity index (χ3n) is 3.73. The van der Waals surface area contributed by atoms with Crippen molar-refractivity contribution in [3.63, 3.8) is 0 Å². The van der Waals surface area contributed by atoms with Gasteiger partial charge in [-0.3, -0.25) is 4.79 Å². The summed E-state index contributed by atoms with van der Waals surface area (Å²) in [6.07, 6.45) is 0. The normalized spacial score (nSPS) is 16.6. The highest BCUT2D eigenvalue weighted by Crippen LogP contribution is 2.37. The predicted molar refractivity (Wildman–Crippen MR) is 92.6 cm³/mol. The Labute approximate surface area is 140 Å². The number of fused-ring (bicyclic) bond motifs is 1. The van der Waals surface area contributed by atoms with Crippen LogP contribution >= 0.6 is 11.8 Å². The monoisotopic (exact) mass is 329 g/mol. The molecule has 0 aromatic heterocycles. The number of amides is 1. The number of hydrogen-bond acceptors (Lipinski definition) is 4. The molecule has 0 fully saturated rings. The molecule has 0 saturated carbocycles. The van der Waals surface area contributed by atoms with E-state index in [1.807, 2.05) is 47.4 Å². The summed E-state index contributed by atoms with van der Waals surface area (Å²) < 4.78 is 10.9. The van der Waals surface area contributed by atoms with E-state index in [-0.39, 0.29) is 18.6 Å². The Morgan fingerprint density at radius 1 is 1.17 bits per heavy atom. The van der Waals surface area contributed by atoms with E-state index in [1.165, 1.54) is 0 Å². The number of methoxy groups -OCH3 is 1. The van der Waals surface area contributed by atoms with E-state index in [9.17, 15) is 4.79 Å². The molecule has 0 radical (unpaired) electrons. The standard InChI is InChI=1S/C18H19NO3S/c1-13-12-23-17-10-6-3-7-14(17)19(13)18(20)11-22-16-9-5-4-8-15(16)21-2/h3-10,13H,11-12H2,1-2H3. The topological polar surface area (TPSA) is 38.8 Å². The molecule has 1 heterocycles. The lowest BCUT2D eigenvalue weighted by atomic mass is 10.2. The first kappa shape index (κ1) is 15.7. The fourth-order valence-corrected chi connectivity index (χ4v) is 3.69. The molecule has 23 heavy (non-hydrogen) atoms. The smallest absolute Gasteiger partial charge is 0.265 e. The summed E-state index contributed by atoms with van der Waals surface area (Å²) in [7, 11) is 1.59. The molecule has 0 bridgehead atoms. The zero-order valence-electron chi connectivity index (χ0n) is 13.2. The predicted octanol–water partition coefficient (Wildman–Crippen LogP) is 3.60. The number of anilines is 1. The summed E-state index contributed by atoms with van der Waals surface area (Å²) in [5.41, 5.74) is 0.963. The van der Waals surface area contributed by atoms with Gasteiger partial charge in [-0.1, -0.05) is 24.3 Å². The van der Waals surface area contributed by atoms with E-state index in [0.717, 1.165) is 16.3 Å². The van der Waals surface area contributed by atoms with E-state index in [1.54, 1.807) is 24.9 Å². The Bertz CT molecular complexity index is 704. The molecule has 4 nitrogen and oxygen atoms in total. The van der Waals surface area contributed by atoms with Crippen LogP contribution in [0.2, 0.25) is 0 Å². The molecule has 0 saturated heterocycles. The van der Waals surface area contributed by atoms with E-state index in [4.69, 9.17) is 9.47 Å². The fraction of sp³-hybridized carbons (Fsp3) is 0.278. The Kier molecular flexibility index (Phi) is 4.76. The second kappa shape index (κ2) is 6.96. The Hall–Kier alpha value is -2.14. The Balaban J connectivity index is 1.76. The van der Waals surface area contributed by atoms with Crippen molar-refractivity contribution >= 4 is 23.4 Å². The van der Waals surface area contributed by atoms with Crippen LogP contribution in [0.5, 0.6) is 11.5 Å². The van der Waals surface area contributed by atoms with E-state index >= 15 is 0 Å². The van der Waals surface area contributed by atoms with E-state index < -0.39 is 0 Å². The molecule has 120 valence electrons. The number of carbonyl (C=O) groups is 1. The average molecular weight is 329 g/mol. The van der Waals surface area contributed by atoms with Gasteiger partial charge in [-0.05, 0) is 31.2 Å². The van der Waals surface area contributed by atoms with Crippen LogP contribution in [-0.4, -0.2) is 31.4 Å². The maximum atomic E-state index is 12.7. The van der Waals surface area contributed by atoms with Gasteiger partial charge in [0.05, 0.1) is 12.8 Å². The number of rotatable bonds is 4. The minimum atomic E-state index is -0.0452. The van der Waals surface area contributed by atoms with Gasteiger partial charge >= 0.3 is 0 Å². The summed E-state index contributed by atoms with van der Waals surface area (Å²) in [6.45, 7) is 2.05. The Morgan fingerprint density at radius 3 is 2.65 bits per heavy atom. The minimum absolute atomic E-state index is 0.0102. The second-order valence-corrected chi connectivity index (χ2v) is 6.39. The number of thioether (sulfide) groups is 1. The van der Waals surface area contributed by atoms with Gasteiger partial charge in [0.1, 0.15) is 0 Å². The maximum Gasteiger partial charge on any atom is 0.265 e. The van der Waals surface area contributed by atoms with Crippen molar-refractivity contribution < 1.29 is 14.3 Å². The fourth-order valence-electron chi connectivity index (χ4n) is 2.63. The highest BCUT2D eigenvalue weighted by Gasteiger charge is 2.28. The molecule has 1 aliphatic rings. The van der Waals surface area contributed by atoms with Crippen molar-refractivity contribution in [2.75, 3.05) is 24.4 Å². The van der Waals surface area contributed by atoms with Crippen molar-refractivity contribution in [3.8, 4) is 11.5 Å². The summed E-state index contributed by atoms with van der Waals surface area (Å²) in [4.78, 5) is 15.7. The third kappa shape index (κ3) is 3.29. The number of carbonyl (C=O) groups excluding carboxylic acids is 1. The zero-order chi connectivity index (χ0) is 16.2. The average Bonchev–Trinajstić information content (AvgIpc) is 2.59. The first-order valence-corrected chi connectivity index (χ1v) is 8.49. The van der Waals surface area contributed by atoms with Crippen LogP contribution in [0.25, 0.3) is 0 Å². The van der Waals surface area contributed by atoms with Gasteiger partial charge in [0, 0.05) is 16.7 Å². The molecular formula is C18H19NO3S.